The van der Waals surface area contributed by atoms with Crippen molar-refractivity contribution in [2.75, 3.05) is 44.2 Å². The standard InChI is InChI=1S/C30H33N5O/c1-4-33-13-12-26-24(19-33)28(23-9-5-6-11-25(23)31-26)30(36)35-16-14-34(15-17-35)27-18-21(3)22-10-7-8-20(2)29(22)32-27/h5-11,18H,4,12-17,19H2,1-3H3. The maximum absolute atomic E-state index is 14.0. The lowest BCUT2D eigenvalue weighted by atomic mass is 9.94. The summed E-state index contributed by atoms with van der Waals surface area (Å²) in [5.74, 6) is 1.15. The summed E-state index contributed by atoms with van der Waals surface area (Å²) in [4.78, 5) is 30.8. The van der Waals surface area contributed by atoms with Crippen LogP contribution >= 0.6 is 0 Å². The van der Waals surface area contributed by atoms with E-state index in [4.69, 9.17) is 9.97 Å². The summed E-state index contributed by atoms with van der Waals surface area (Å²) in [6.07, 6.45) is 0.897. The van der Waals surface area contributed by atoms with Crippen molar-refractivity contribution in [3.05, 3.63) is 76.5 Å². The highest BCUT2D eigenvalue weighted by atomic mass is 16.2. The van der Waals surface area contributed by atoms with Gasteiger partial charge >= 0.3 is 0 Å². The number of piperazine rings is 1. The first-order chi connectivity index (χ1) is 17.5. The highest BCUT2D eigenvalue weighted by molar-refractivity contribution is 6.07. The molecule has 4 aromatic rings. The average Bonchev–Trinajstić information content (AvgIpc) is 2.91. The van der Waals surface area contributed by atoms with Crippen LogP contribution in [-0.4, -0.2) is 64.9 Å². The summed E-state index contributed by atoms with van der Waals surface area (Å²) in [6.45, 7) is 12.2. The molecule has 184 valence electrons. The van der Waals surface area contributed by atoms with E-state index in [2.05, 4.69) is 60.9 Å². The molecule has 36 heavy (non-hydrogen) atoms. The number of carbonyl (C=O) groups excluding carboxylic acids is 1. The zero-order valence-electron chi connectivity index (χ0n) is 21.4. The van der Waals surface area contributed by atoms with Gasteiger partial charge in [0.2, 0.25) is 0 Å². The second-order valence-electron chi connectivity index (χ2n) is 10.1. The van der Waals surface area contributed by atoms with Crippen molar-refractivity contribution in [1.82, 2.24) is 19.8 Å². The first-order valence-corrected chi connectivity index (χ1v) is 13.1. The van der Waals surface area contributed by atoms with Crippen LogP contribution in [0, 0.1) is 13.8 Å². The second kappa shape index (κ2) is 9.17. The number of aryl methyl sites for hydroxylation is 2. The van der Waals surface area contributed by atoms with Gasteiger partial charge < -0.3 is 9.80 Å². The molecule has 1 fully saturated rings. The number of likely N-dealkylation sites (N-methyl/N-ethyl adjacent to an activating group) is 1. The number of rotatable bonds is 3. The van der Waals surface area contributed by atoms with Crippen LogP contribution in [0.5, 0.6) is 0 Å². The fraction of sp³-hybridized carbons (Fsp3) is 0.367. The van der Waals surface area contributed by atoms with Crippen molar-refractivity contribution in [3.63, 3.8) is 0 Å². The molecule has 6 rings (SSSR count). The Morgan fingerprint density at radius 2 is 1.67 bits per heavy atom. The van der Waals surface area contributed by atoms with E-state index in [1.165, 1.54) is 16.5 Å². The quantitative estimate of drug-likeness (QED) is 0.425. The third-order valence-corrected chi connectivity index (χ3v) is 7.91. The van der Waals surface area contributed by atoms with Crippen molar-refractivity contribution >= 4 is 33.5 Å². The number of fused-ring (bicyclic) bond motifs is 3. The fourth-order valence-electron chi connectivity index (χ4n) is 5.76. The molecule has 0 radical (unpaired) electrons. The Morgan fingerprint density at radius 1 is 0.889 bits per heavy atom. The molecule has 1 amide bonds. The minimum Gasteiger partial charge on any atom is -0.353 e. The van der Waals surface area contributed by atoms with E-state index < -0.39 is 0 Å². The molecule has 2 aromatic carbocycles. The van der Waals surface area contributed by atoms with Crippen LogP contribution in [0.25, 0.3) is 21.8 Å². The zero-order valence-corrected chi connectivity index (χ0v) is 21.4. The van der Waals surface area contributed by atoms with Gasteiger partial charge in [0.15, 0.2) is 0 Å². The SMILES string of the molecule is CCN1CCc2nc3ccccc3c(C(=O)N3CCN(c4cc(C)c5cccc(C)c5n4)CC3)c2C1. The van der Waals surface area contributed by atoms with Gasteiger partial charge in [-0.05, 0) is 43.7 Å². The Balaban J connectivity index is 1.29. The van der Waals surface area contributed by atoms with Crippen LogP contribution in [0.2, 0.25) is 0 Å². The summed E-state index contributed by atoms with van der Waals surface area (Å²) in [5, 5.41) is 2.19. The maximum atomic E-state index is 14.0. The van der Waals surface area contributed by atoms with E-state index in [0.29, 0.717) is 13.1 Å². The number of benzene rings is 2. The molecule has 2 aliphatic heterocycles. The highest BCUT2D eigenvalue weighted by Gasteiger charge is 2.30. The topological polar surface area (TPSA) is 52.6 Å². The molecule has 4 heterocycles. The van der Waals surface area contributed by atoms with Gasteiger partial charge in [-0.15, -0.1) is 0 Å². The summed E-state index contributed by atoms with van der Waals surface area (Å²) in [5.41, 5.74) is 7.51. The second-order valence-corrected chi connectivity index (χ2v) is 10.1. The van der Waals surface area contributed by atoms with E-state index in [9.17, 15) is 4.79 Å². The molecule has 6 nitrogen and oxygen atoms in total. The molecular formula is C30H33N5O. The number of amides is 1. The van der Waals surface area contributed by atoms with Gasteiger partial charge in [-0.25, -0.2) is 4.98 Å². The Labute approximate surface area is 212 Å². The molecular weight excluding hydrogens is 446 g/mol. The monoisotopic (exact) mass is 479 g/mol. The van der Waals surface area contributed by atoms with Crippen molar-refractivity contribution < 1.29 is 4.79 Å². The molecule has 0 atom stereocenters. The number of para-hydroxylation sites is 2. The number of pyridine rings is 2. The summed E-state index contributed by atoms with van der Waals surface area (Å²) < 4.78 is 0. The van der Waals surface area contributed by atoms with Gasteiger partial charge in [-0.1, -0.05) is 43.3 Å². The summed E-state index contributed by atoms with van der Waals surface area (Å²) in [6, 6.07) is 16.7. The minimum absolute atomic E-state index is 0.140. The van der Waals surface area contributed by atoms with Crippen LogP contribution in [-0.2, 0) is 13.0 Å². The molecule has 2 aromatic heterocycles. The van der Waals surface area contributed by atoms with Crippen LogP contribution in [0.3, 0.4) is 0 Å². The number of hydrogen-bond acceptors (Lipinski definition) is 5. The van der Waals surface area contributed by atoms with Gasteiger partial charge in [0, 0.05) is 67.7 Å². The van der Waals surface area contributed by atoms with Crippen molar-refractivity contribution in [2.24, 2.45) is 0 Å². The maximum Gasteiger partial charge on any atom is 0.255 e. The predicted molar refractivity (Wildman–Crippen MR) is 146 cm³/mol. The van der Waals surface area contributed by atoms with Crippen LogP contribution in [0.4, 0.5) is 5.82 Å². The summed E-state index contributed by atoms with van der Waals surface area (Å²) >= 11 is 0. The number of aromatic nitrogens is 2. The van der Waals surface area contributed by atoms with Gasteiger partial charge in [-0.2, -0.15) is 0 Å². The largest absolute Gasteiger partial charge is 0.353 e. The van der Waals surface area contributed by atoms with Crippen LogP contribution < -0.4 is 4.90 Å². The highest BCUT2D eigenvalue weighted by Crippen LogP contribution is 2.30. The van der Waals surface area contributed by atoms with Gasteiger partial charge in [0.25, 0.3) is 5.91 Å². The lowest BCUT2D eigenvalue weighted by molar-refractivity contribution is 0.0745. The van der Waals surface area contributed by atoms with Gasteiger partial charge in [0.05, 0.1) is 16.6 Å². The molecule has 0 unspecified atom stereocenters. The Kier molecular flexibility index (Phi) is 5.84. The van der Waals surface area contributed by atoms with Crippen LogP contribution in [0.1, 0.15) is 39.7 Å². The first-order valence-electron chi connectivity index (χ1n) is 13.1. The molecule has 0 bridgehead atoms. The zero-order chi connectivity index (χ0) is 24.8. The molecule has 0 saturated carbocycles. The lowest BCUT2D eigenvalue weighted by Crippen LogP contribution is -2.49. The third kappa shape index (κ3) is 3.90. The predicted octanol–water partition coefficient (Wildman–Crippen LogP) is 4.74. The number of carbonyl (C=O) groups is 1. The Bertz CT molecular complexity index is 1470. The van der Waals surface area contributed by atoms with Crippen molar-refractivity contribution in [1.29, 1.82) is 0 Å². The van der Waals surface area contributed by atoms with Crippen LogP contribution in [0.15, 0.2) is 48.5 Å². The van der Waals surface area contributed by atoms with E-state index in [1.807, 2.05) is 23.1 Å². The number of hydrogen-bond donors (Lipinski definition) is 0. The van der Waals surface area contributed by atoms with Crippen molar-refractivity contribution in [2.45, 2.75) is 33.7 Å². The molecule has 0 aliphatic carbocycles. The van der Waals surface area contributed by atoms with E-state index >= 15 is 0 Å². The molecule has 6 heteroatoms. The molecule has 0 N–H and O–H groups in total. The first kappa shape index (κ1) is 22.9. The number of anilines is 1. The smallest absolute Gasteiger partial charge is 0.255 e. The molecule has 1 saturated heterocycles. The normalized spacial score (nSPS) is 16.5. The summed E-state index contributed by atoms with van der Waals surface area (Å²) in [7, 11) is 0. The van der Waals surface area contributed by atoms with E-state index in [1.54, 1.807) is 0 Å². The van der Waals surface area contributed by atoms with Crippen molar-refractivity contribution in [3.8, 4) is 0 Å². The van der Waals surface area contributed by atoms with Gasteiger partial charge in [-0.3, -0.25) is 14.7 Å². The fourth-order valence-corrected chi connectivity index (χ4v) is 5.76. The Morgan fingerprint density at radius 3 is 2.47 bits per heavy atom. The van der Waals surface area contributed by atoms with E-state index in [-0.39, 0.29) is 5.91 Å². The molecule has 0 spiro atoms. The third-order valence-electron chi connectivity index (χ3n) is 7.91. The molecule has 2 aliphatic rings. The number of nitrogens with zero attached hydrogens (tertiary/aromatic N) is 5. The van der Waals surface area contributed by atoms with Gasteiger partial charge in [0.1, 0.15) is 5.82 Å². The lowest BCUT2D eigenvalue weighted by Gasteiger charge is -2.37. The average molecular weight is 480 g/mol. The Hall–Kier alpha value is -3.51. The minimum atomic E-state index is 0.140. The van der Waals surface area contributed by atoms with E-state index in [0.717, 1.165) is 78.2 Å².